The number of nitrogens with two attached hydrogens (primary N) is 1. The van der Waals surface area contributed by atoms with Gasteiger partial charge >= 0.3 is 0 Å². The highest BCUT2D eigenvalue weighted by molar-refractivity contribution is 5.68. The Balaban J connectivity index is 2.03. The SMILES string of the molecule is Cc1ccccc1-c1cnc(-c2cccc(N)c2)[nH]1. The summed E-state index contributed by atoms with van der Waals surface area (Å²) in [6, 6.07) is 16.0. The zero-order valence-corrected chi connectivity index (χ0v) is 10.7. The van der Waals surface area contributed by atoms with Crippen molar-refractivity contribution in [3.8, 4) is 22.6 Å². The van der Waals surface area contributed by atoms with Crippen molar-refractivity contribution in [2.45, 2.75) is 6.92 Å². The van der Waals surface area contributed by atoms with Gasteiger partial charge in [-0.2, -0.15) is 0 Å². The zero-order valence-electron chi connectivity index (χ0n) is 10.7. The maximum Gasteiger partial charge on any atom is 0.137 e. The van der Waals surface area contributed by atoms with Gasteiger partial charge in [0, 0.05) is 16.8 Å². The molecule has 0 saturated heterocycles. The highest BCUT2D eigenvalue weighted by Gasteiger charge is 2.07. The predicted octanol–water partition coefficient (Wildman–Crippen LogP) is 3.63. The molecular weight excluding hydrogens is 234 g/mol. The summed E-state index contributed by atoms with van der Waals surface area (Å²) in [5, 5.41) is 0. The van der Waals surface area contributed by atoms with Gasteiger partial charge in [-0.05, 0) is 24.6 Å². The molecule has 0 aliphatic heterocycles. The summed E-state index contributed by atoms with van der Waals surface area (Å²) in [6.45, 7) is 2.09. The first-order chi connectivity index (χ1) is 9.24. The van der Waals surface area contributed by atoms with Crippen molar-refractivity contribution >= 4 is 5.69 Å². The second-order valence-corrected chi connectivity index (χ2v) is 4.59. The first-order valence-electron chi connectivity index (χ1n) is 6.21. The van der Waals surface area contributed by atoms with Crippen LogP contribution in [0, 0.1) is 6.92 Å². The van der Waals surface area contributed by atoms with Crippen molar-refractivity contribution < 1.29 is 0 Å². The third-order valence-corrected chi connectivity index (χ3v) is 3.17. The lowest BCUT2D eigenvalue weighted by Gasteiger charge is -2.02. The van der Waals surface area contributed by atoms with E-state index in [4.69, 9.17) is 5.73 Å². The second kappa shape index (κ2) is 4.61. The summed E-state index contributed by atoms with van der Waals surface area (Å²) in [5.74, 6) is 0.838. The molecule has 1 aromatic heterocycles. The van der Waals surface area contributed by atoms with Crippen molar-refractivity contribution in [2.24, 2.45) is 0 Å². The number of H-pyrrole nitrogens is 1. The molecule has 2 aromatic carbocycles. The van der Waals surface area contributed by atoms with Crippen LogP contribution in [0.5, 0.6) is 0 Å². The molecule has 0 fully saturated rings. The van der Waals surface area contributed by atoms with E-state index in [-0.39, 0.29) is 0 Å². The second-order valence-electron chi connectivity index (χ2n) is 4.59. The monoisotopic (exact) mass is 249 g/mol. The molecule has 0 radical (unpaired) electrons. The van der Waals surface area contributed by atoms with E-state index >= 15 is 0 Å². The van der Waals surface area contributed by atoms with Gasteiger partial charge in [0.05, 0.1) is 11.9 Å². The molecule has 0 unspecified atom stereocenters. The van der Waals surface area contributed by atoms with Gasteiger partial charge in [-0.3, -0.25) is 0 Å². The Bertz CT molecular complexity index is 713. The molecule has 0 amide bonds. The molecular formula is C16H15N3. The molecule has 0 spiro atoms. The highest BCUT2D eigenvalue weighted by Crippen LogP contribution is 2.25. The van der Waals surface area contributed by atoms with Crippen LogP contribution in [0.4, 0.5) is 5.69 Å². The molecule has 3 rings (SSSR count). The van der Waals surface area contributed by atoms with Crippen LogP contribution in [-0.4, -0.2) is 9.97 Å². The minimum atomic E-state index is 0.742. The molecule has 1 heterocycles. The molecule has 0 atom stereocenters. The number of aromatic nitrogens is 2. The number of hydrogen-bond acceptors (Lipinski definition) is 2. The van der Waals surface area contributed by atoms with E-state index in [1.54, 1.807) is 0 Å². The Hall–Kier alpha value is -2.55. The summed E-state index contributed by atoms with van der Waals surface area (Å²) in [6.07, 6.45) is 1.86. The van der Waals surface area contributed by atoms with E-state index in [2.05, 4.69) is 29.0 Å². The summed E-state index contributed by atoms with van der Waals surface area (Å²) in [7, 11) is 0. The van der Waals surface area contributed by atoms with E-state index in [1.807, 2.05) is 42.6 Å². The largest absolute Gasteiger partial charge is 0.399 e. The predicted molar refractivity (Wildman–Crippen MR) is 78.6 cm³/mol. The van der Waals surface area contributed by atoms with Crippen LogP contribution < -0.4 is 5.73 Å². The number of benzene rings is 2. The third kappa shape index (κ3) is 2.22. The van der Waals surface area contributed by atoms with Crippen LogP contribution in [0.3, 0.4) is 0 Å². The number of imidazole rings is 1. The normalized spacial score (nSPS) is 10.6. The molecule has 3 aromatic rings. The maximum atomic E-state index is 5.80. The van der Waals surface area contributed by atoms with Crippen molar-refractivity contribution in [2.75, 3.05) is 5.73 Å². The molecule has 19 heavy (non-hydrogen) atoms. The molecule has 94 valence electrons. The fraction of sp³-hybridized carbons (Fsp3) is 0.0625. The molecule has 3 nitrogen and oxygen atoms in total. The zero-order chi connectivity index (χ0) is 13.2. The van der Waals surface area contributed by atoms with E-state index in [9.17, 15) is 0 Å². The number of nitrogens with one attached hydrogen (secondary N) is 1. The quantitative estimate of drug-likeness (QED) is 0.681. The lowest BCUT2D eigenvalue weighted by molar-refractivity contribution is 1.31. The summed E-state index contributed by atoms with van der Waals surface area (Å²) in [5.41, 5.74) is 11.0. The van der Waals surface area contributed by atoms with Crippen LogP contribution in [0.1, 0.15) is 5.56 Å². The molecule has 0 bridgehead atoms. The number of aromatic amines is 1. The van der Waals surface area contributed by atoms with Crippen LogP contribution in [0.25, 0.3) is 22.6 Å². The number of nitrogens with zero attached hydrogens (tertiary/aromatic N) is 1. The Kier molecular flexibility index (Phi) is 2.80. The van der Waals surface area contributed by atoms with Gasteiger partial charge in [-0.15, -0.1) is 0 Å². The standard InChI is InChI=1S/C16H15N3/c1-11-5-2-3-8-14(11)15-10-18-16(19-15)12-6-4-7-13(17)9-12/h2-10H,17H2,1H3,(H,18,19). The van der Waals surface area contributed by atoms with Crippen molar-refractivity contribution in [1.82, 2.24) is 9.97 Å². The van der Waals surface area contributed by atoms with Crippen molar-refractivity contribution in [3.63, 3.8) is 0 Å². The van der Waals surface area contributed by atoms with Gasteiger partial charge in [-0.25, -0.2) is 4.98 Å². The molecule has 3 heteroatoms. The Morgan fingerprint density at radius 1 is 1.05 bits per heavy atom. The highest BCUT2D eigenvalue weighted by atomic mass is 14.9. The first-order valence-corrected chi connectivity index (χ1v) is 6.21. The average Bonchev–Trinajstić information content (AvgIpc) is 2.89. The van der Waals surface area contributed by atoms with Gasteiger partial charge in [0.2, 0.25) is 0 Å². The van der Waals surface area contributed by atoms with Crippen molar-refractivity contribution in [3.05, 3.63) is 60.3 Å². The lowest BCUT2D eigenvalue weighted by atomic mass is 10.1. The Morgan fingerprint density at radius 3 is 2.68 bits per heavy atom. The first kappa shape index (κ1) is 11.5. The van der Waals surface area contributed by atoms with Crippen molar-refractivity contribution in [1.29, 1.82) is 0 Å². The molecule has 3 N–H and O–H groups in total. The van der Waals surface area contributed by atoms with Gasteiger partial charge in [-0.1, -0.05) is 36.4 Å². The van der Waals surface area contributed by atoms with Gasteiger partial charge in [0.1, 0.15) is 5.82 Å². The lowest BCUT2D eigenvalue weighted by Crippen LogP contribution is -1.87. The van der Waals surface area contributed by atoms with Gasteiger partial charge < -0.3 is 10.7 Å². The summed E-state index contributed by atoms with van der Waals surface area (Å²) < 4.78 is 0. The molecule has 0 aliphatic carbocycles. The van der Waals surface area contributed by atoms with E-state index in [1.165, 1.54) is 11.1 Å². The summed E-state index contributed by atoms with van der Waals surface area (Å²) in [4.78, 5) is 7.78. The van der Waals surface area contributed by atoms with E-state index < -0.39 is 0 Å². The number of rotatable bonds is 2. The van der Waals surface area contributed by atoms with E-state index in [0.717, 1.165) is 22.8 Å². The van der Waals surface area contributed by atoms with Crippen LogP contribution in [0.15, 0.2) is 54.7 Å². The third-order valence-electron chi connectivity index (χ3n) is 3.17. The molecule has 0 saturated carbocycles. The fourth-order valence-corrected chi connectivity index (χ4v) is 2.17. The number of aryl methyl sites for hydroxylation is 1. The number of anilines is 1. The van der Waals surface area contributed by atoms with E-state index in [0.29, 0.717) is 0 Å². The van der Waals surface area contributed by atoms with Gasteiger partial charge in [0.15, 0.2) is 0 Å². The fourth-order valence-electron chi connectivity index (χ4n) is 2.17. The minimum Gasteiger partial charge on any atom is -0.399 e. The summed E-state index contributed by atoms with van der Waals surface area (Å²) >= 11 is 0. The molecule has 0 aliphatic rings. The average molecular weight is 249 g/mol. The van der Waals surface area contributed by atoms with Crippen LogP contribution in [-0.2, 0) is 0 Å². The van der Waals surface area contributed by atoms with Crippen LogP contribution in [0.2, 0.25) is 0 Å². The maximum absolute atomic E-state index is 5.80. The topological polar surface area (TPSA) is 54.7 Å². The minimum absolute atomic E-state index is 0.742. The van der Waals surface area contributed by atoms with Crippen LogP contribution >= 0.6 is 0 Å². The Morgan fingerprint density at radius 2 is 1.89 bits per heavy atom. The number of hydrogen-bond donors (Lipinski definition) is 2. The number of nitrogen functional groups attached to an aromatic ring is 1. The smallest absolute Gasteiger partial charge is 0.137 e. The van der Waals surface area contributed by atoms with Gasteiger partial charge in [0.25, 0.3) is 0 Å². The Labute approximate surface area is 112 Å².